The molecule has 1 aromatic heterocycles. The number of hydrogen-bond donors (Lipinski definition) is 1. The first-order valence-corrected chi connectivity index (χ1v) is 6.99. The lowest BCUT2D eigenvalue weighted by Crippen LogP contribution is -2.42. The zero-order valence-electron chi connectivity index (χ0n) is 12.1. The van der Waals surface area contributed by atoms with E-state index in [0.29, 0.717) is 12.0 Å². The van der Waals surface area contributed by atoms with E-state index >= 15 is 0 Å². The smallest absolute Gasteiger partial charge is 0.0500 e. The summed E-state index contributed by atoms with van der Waals surface area (Å²) in [5, 5.41) is 0. The maximum absolute atomic E-state index is 6.34. The topological polar surface area (TPSA) is 42.1 Å². The van der Waals surface area contributed by atoms with Crippen molar-refractivity contribution in [3.05, 3.63) is 30.1 Å². The van der Waals surface area contributed by atoms with Crippen molar-refractivity contribution < 1.29 is 0 Å². The fourth-order valence-electron chi connectivity index (χ4n) is 2.42. The van der Waals surface area contributed by atoms with Gasteiger partial charge < -0.3 is 5.73 Å². The van der Waals surface area contributed by atoms with Gasteiger partial charge in [0.25, 0.3) is 0 Å². The number of hydrogen-bond acceptors (Lipinski definition) is 3. The van der Waals surface area contributed by atoms with Crippen molar-refractivity contribution in [3.63, 3.8) is 0 Å². The molecule has 0 aliphatic heterocycles. The van der Waals surface area contributed by atoms with E-state index in [1.165, 1.54) is 5.56 Å². The maximum atomic E-state index is 6.34. The van der Waals surface area contributed by atoms with Crippen LogP contribution in [0, 0.1) is 5.92 Å². The van der Waals surface area contributed by atoms with Gasteiger partial charge in [0.05, 0.1) is 0 Å². The molecular weight excluding hydrogens is 222 g/mol. The number of rotatable bonds is 7. The third-order valence-electron chi connectivity index (χ3n) is 3.32. The van der Waals surface area contributed by atoms with Crippen molar-refractivity contribution in [1.29, 1.82) is 0 Å². The van der Waals surface area contributed by atoms with Gasteiger partial charge in [0.15, 0.2) is 0 Å². The predicted molar refractivity (Wildman–Crippen MR) is 77.3 cm³/mol. The van der Waals surface area contributed by atoms with Gasteiger partial charge in [-0.05, 0) is 36.6 Å². The van der Waals surface area contributed by atoms with E-state index in [9.17, 15) is 0 Å². The molecule has 18 heavy (non-hydrogen) atoms. The van der Waals surface area contributed by atoms with E-state index in [0.717, 1.165) is 19.5 Å². The molecule has 2 N–H and O–H groups in total. The summed E-state index contributed by atoms with van der Waals surface area (Å²) in [4.78, 5) is 6.58. The zero-order chi connectivity index (χ0) is 13.5. The van der Waals surface area contributed by atoms with Crippen LogP contribution in [0.15, 0.2) is 24.5 Å². The van der Waals surface area contributed by atoms with Gasteiger partial charge in [-0.1, -0.05) is 27.7 Å². The summed E-state index contributed by atoms with van der Waals surface area (Å²) in [6.07, 6.45) is 4.70. The molecule has 0 amide bonds. The number of aromatic nitrogens is 1. The Balaban J connectivity index is 2.96. The van der Waals surface area contributed by atoms with E-state index in [1.54, 1.807) is 0 Å². The van der Waals surface area contributed by atoms with Gasteiger partial charge in [-0.25, -0.2) is 0 Å². The van der Waals surface area contributed by atoms with E-state index < -0.39 is 0 Å². The highest BCUT2D eigenvalue weighted by Gasteiger charge is 2.24. The minimum atomic E-state index is 0.172. The van der Waals surface area contributed by atoms with Gasteiger partial charge in [0.1, 0.15) is 0 Å². The molecule has 0 fully saturated rings. The summed E-state index contributed by atoms with van der Waals surface area (Å²) in [6.45, 7) is 11.0. The molecule has 3 nitrogen and oxygen atoms in total. The fraction of sp³-hybridized carbons (Fsp3) is 0.667. The second-order valence-electron chi connectivity index (χ2n) is 5.28. The van der Waals surface area contributed by atoms with Crippen molar-refractivity contribution in [1.82, 2.24) is 9.88 Å². The highest BCUT2D eigenvalue weighted by molar-refractivity contribution is 5.17. The lowest BCUT2D eigenvalue weighted by Gasteiger charge is -2.36. The second kappa shape index (κ2) is 7.49. The van der Waals surface area contributed by atoms with Crippen LogP contribution in [0.25, 0.3) is 0 Å². The molecule has 1 heterocycles. The summed E-state index contributed by atoms with van der Waals surface area (Å²) in [5.74, 6) is 0.651. The summed E-state index contributed by atoms with van der Waals surface area (Å²) in [5.41, 5.74) is 7.62. The minimum Gasteiger partial charge on any atom is -0.326 e. The van der Waals surface area contributed by atoms with Crippen LogP contribution in [0.2, 0.25) is 0 Å². The third-order valence-corrected chi connectivity index (χ3v) is 3.32. The molecule has 0 saturated carbocycles. The van der Waals surface area contributed by atoms with Crippen LogP contribution in [-0.4, -0.2) is 29.0 Å². The van der Waals surface area contributed by atoms with Crippen molar-refractivity contribution in [3.8, 4) is 0 Å². The summed E-state index contributed by atoms with van der Waals surface area (Å²) in [6, 6.07) is 4.64. The molecular formula is C15H27N3. The summed E-state index contributed by atoms with van der Waals surface area (Å²) < 4.78 is 0. The molecule has 1 aromatic rings. The van der Waals surface area contributed by atoms with E-state index in [2.05, 4.69) is 49.7 Å². The summed E-state index contributed by atoms with van der Waals surface area (Å²) in [7, 11) is 0. The van der Waals surface area contributed by atoms with Crippen LogP contribution >= 0.6 is 0 Å². The van der Waals surface area contributed by atoms with Crippen LogP contribution in [0.5, 0.6) is 0 Å². The van der Waals surface area contributed by atoms with Crippen molar-refractivity contribution in [2.45, 2.75) is 46.2 Å². The third kappa shape index (κ3) is 4.07. The standard InChI is InChI=1S/C15H27N3/c1-5-14(16)15(13-7-9-17-10-8-13)18(6-2)11-12(3)4/h7-10,12,14-15H,5-6,11,16H2,1-4H3. The molecule has 0 spiro atoms. The van der Waals surface area contributed by atoms with E-state index in [-0.39, 0.29) is 6.04 Å². The van der Waals surface area contributed by atoms with Gasteiger partial charge in [0.2, 0.25) is 0 Å². The minimum absolute atomic E-state index is 0.172. The molecule has 102 valence electrons. The number of pyridine rings is 1. The molecule has 0 aromatic carbocycles. The molecule has 3 heteroatoms. The highest BCUT2D eigenvalue weighted by atomic mass is 15.2. The Bertz CT molecular complexity index is 324. The average molecular weight is 249 g/mol. The quantitative estimate of drug-likeness (QED) is 0.808. The Morgan fingerprint density at radius 1 is 1.22 bits per heavy atom. The van der Waals surface area contributed by atoms with Gasteiger partial charge >= 0.3 is 0 Å². The van der Waals surface area contributed by atoms with Crippen molar-refractivity contribution >= 4 is 0 Å². The van der Waals surface area contributed by atoms with Gasteiger partial charge in [-0.2, -0.15) is 0 Å². The predicted octanol–water partition coefficient (Wildman–Crippen LogP) is 2.84. The molecule has 0 aliphatic rings. The molecule has 0 saturated heterocycles. The molecule has 0 radical (unpaired) electrons. The molecule has 0 bridgehead atoms. The SMILES string of the molecule is CCC(N)C(c1ccncc1)N(CC)CC(C)C. The first-order valence-electron chi connectivity index (χ1n) is 6.99. The van der Waals surface area contributed by atoms with Crippen LogP contribution in [-0.2, 0) is 0 Å². The van der Waals surface area contributed by atoms with Gasteiger partial charge in [0, 0.05) is 31.0 Å². The largest absolute Gasteiger partial charge is 0.326 e. The molecule has 2 atom stereocenters. The Morgan fingerprint density at radius 3 is 2.28 bits per heavy atom. The second-order valence-corrected chi connectivity index (χ2v) is 5.28. The maximum Gasteiger partial charge on any atom is 0.0500 e. The Kier molecular flexibility index (Phi) is 6.30. The first-order chi connectivity index (χ1) is 8.60. The van der Waals surface area contributed by atoms with Gasteiger partial charge in [-0.15, -0.1) is 0 Å². The lowest BCUT2D eigenvalue weighted by molar-refractivity contribution is 0.159. The lowest BCUT2D eigenvalue weighted by atomic mass is 9.96. The Morgan fingerprint density at radius 2 is 1.83 bits per heavy atom. The normalized spacial score (nSPS) is 15.1. The molecule has 1 rings (SSSR count). The first kappa shape index (κ1) is 15.1. The number of nitrogens with zero attached hydrogens (tertiary/aromatic N) is 2. The molecule has 0 aliphatic carbocycles. The number of likely N-dealkylation sites (N-methyl/N-ethyl adjacent to an activating group) is 1. The monoisotopic (exact) mass is 249 g/mol. The van der Waals surface area contributed by atoms with Crippen LogP contribution in [0.3, 0.4) is 0 Å². The highest BCUT2D eigenvalue weighted by Crippen LogP contribution is 2.25. The van der Waals surface area contributed by atoms with E-state index in [1.807, 2.05) is 12.4 Å². The fourth-order valence-corrected chi connectivity index (χ4v) is 2.42. The Labute approximate surface area is 111 Å². The van der Waals surface area contributed by atoms with Crippen LogP contribution < -0.4 is 5.73 Å². The Hall–Kier alpha value is -0.930. The zero-order valence-corrected chi connectivity index (χ0v) is 12.1. The van der Waals surface area contributed by atoms with Crippen molar-refractivity contribution in [2.24, 2.45) is 11.7 Å². The number of nitrogens with two attached hydrogens (primary N) is 1. The molecule has 2 unspecified atom stereocenters. The summed E-state index contributed by atoms with van der Waals surface area (Å²) >= 11 is 0. The average Bonchev–Trinajstić information content (AvgIpc) is 2.38. The van der Waals surface area contributed by atoms with E-state index in [4.69, 9.17) is 5.73 Å². The van der Waals surface area contributed by atoms with Gasteiger partial charge in [-0.3, -0.25) is 9.88 Å². The van der Waals surface area contributed by atoms with Crippen LogP contribution in [0.1, 0.15) is 45.7 Å². The van der Waals surface area contributed by atoms with Crippen molar-refractivity contribution in [2.75, 3.05) is 13.1 Å². The van der Waals surface area contributed by atoms with Crippen LogP contribution in [0.4, 0.5) is 0 Å².